The fourth-order valence-electron chi connectivity index (χ4n) is 1.50. The Balaban J connectivity index is 2.90. The van der Waals surface area contributed by atoms with E-state index in [0.717, 1.165) is 23.5 Å². The van der Waals surface area contributed by atoms with Crippen molar-refractivity contribution in [1.29, 1.82) is 0 Å². The molecule has 0 aliphatic heterocycles. The van der Waals surface area contributed by atoms with Gasteiger partial charge in [0.1, 0.15) is 11.5 Å². The van der Waals surface area contributed by atoms with Gasteiger partial charge in [0, 0.05) is 0 Å². The molecule has 0 aliphatic carbocycles. The number of hydrogen-bond donors (Lipinski definition) is 1. The molecule has 0 fully saturated rings. The molecule has 0 aliphatic rings. The summed E-state index contributed by atoms with van der Waals surface area (Å²) in [4.78, 5) is 0. The molecule has 2 N–H and O–H groups in total. The second kappa shape index (κ2) is 5.61. The van der Waals surface area contributed by atoms with Crippen molar-refractivity contribution in [2.45, 2.75) is 13.3 Å². The summed E-state index contributed by atoms with van der Waals surface area (Å²) >= 11 is 0. The predicted molar refractivity (Wildman–Crippen MR) is 61.5 cm³/mol. The summed E-state index contributed by atoms with van der Waals surface area (Å²) in [7, 11) is 3.34. The molecule has 0 unspecified atom stereocenters. The maximum Gasteiger partial charge on any atom is 0.122 e. The molecule has 84 valence electrons. The van der Waals surface area contributed by atoms with E-state index in [1.165, 1.54) is 0 Å². The van der Waals surface area contributed by atoms with Crippen LogP contribution in [0.2, 0.25) is 0 Å². The molecule has 1 aromatic rings. The van der Waals surface area contributed by atoms with E-state index in [9.17, 15) is 0 Å². The molecule has 0 amide bonds. The Kier molecular flexibility index (Phi) is 4.43. The van der Waals surface area contributed by atoms with Crippen LogP contribution in [0.15, 0.2) is 18.2 Å². The van der Waals surface area contributed by atoms with E-state index in [1.54, 1.807) is 14.2 Å². The summed E-state index contributed by atoms with van der Waals surface area (Å²) in [6.07, 6.45) is 0.914. The van der Waals surface area contributed by atoms with Gasteiger partial charge in [-0.25, -0.2) is 0 Å². The van der Waals surface area contributed by atoms with Gasteiger partial charge in [-0.15, -0.1) is 0 Å². The first kappa shape index (κ1) is 11.9. The summed E-state index contributed by atoms with van der Waals surface area (Å²) in [5.41, 5.74) is 6.76. The van der Waals surface area contributed by atoms with Crippen LogP contribution in [0, 0.1) is 5.92 Å². The maximum atomic E-state index is 5.61. The van der Waals surface area contributed by atoms with Crippen molar-refractivity contribution in [1.82, 2.24) is 0 Å². The average Bonchev–Trinajstić information content (AvgIpc) is 2.28. The van der Waals surface area contributed by atoms with Gasteiger partial charge in [0.05, 0.1) is 14.2 Å². The summed E-state index contributed by atoms with van der Waals surface area (Å²) < 4.78 is 10.5. The molecular weight excluding hydrogens is 190 g/mol. The summed E-state index contributed by atoms with van der Waals surface area (Å²) in [5.74, 6) is 2.21. The van der Waals surface area contributed by atoms with Crippen LogP contribution in [-0.4, -0.2) is 20.8 Å². The molecule has 15 heavy (non-hydrogen) atoms. The zero-order valence-corrected chi connectivity index (χ0v) is 9.62. The third-order valence-corrected chi connectivity index (χ3v) is 2.46. The zero-order valence-electron chi connectivity index (χ0n) is 9.62. The minimum atomic E-state index is 0.450. The Hall–Kier alpha value is -1.22. The van der Waals surface area contributed by atoms with Crippen molar-refractivity contribution in [2.75, 3.05) is 20.8 Å². The second-order valence-corrected chi connectivity index (χ2v) is 3.72. The fraction of sp³-hybridized carbons (Fsp3) is 0.500. The van der Waals surface area contributed by atoms with E-state index in [-0.39, 0.29) is 0 Å². The standard InChI is InChI=1S/C12H19NO2/c1-9(8-13)6-10-7-11(14-2)4-5-12(10)15-3/h4-5,7,9H,6,8,13H2,1-3H3/t9-/m0/s1. The van der Waals surface area contributed by atoms with Gasteiger partial charge in [-0.3, -0.25) is 0 Å². The van der Waals surface area contributed by atoms with Gasteiger partial charge in [0.25, 0.3) is 0 Å². The molecule has 3 nitrogen and oxygen atoms in total. The van der Waals surface area contributed by atoms with Crippen molar-refractivity contribution in [3.8, 4) is 11.5 Å². The highest BCUT2D eigenvalue weighted by molar-refractivity contribution is 5.40. The SMILES string of the molecule is COc1ccc(OC)c(C[C@H](C)CN)c1. The first-order valence-corrected chi connectivity index (χ1v) is 5.12. The highest BCUT2D eigenvalue weighted by atomic mass is 16.5. The highest BCUT2D eigenvalue weighted by Gasteiger charge is 2.08. The Bertz CT molecular complexity index is 312. The highest BCUT2D eigenvalue weighted by Crippen LogP contribution is 2.25. The van der Waals surface area contributed by atoms with E-state index in [4.69, 9.17) is 15.2 Å². The molecule has 0 bridgehead atoms. The van der Waals surface area contributed by atoms with Crippen LogP contribution < -0.4 is 15.2 Å². The predicted octanol–water partition coefficient (Wildman–Crippen LogP) is 1.84. The Labute approximate surface area is 91.2 Å². The lowest BCUT2D eigenvalue weighted by atomic mass is 10.0. The fourth-order valence-corrected chi connectivity index (χ4v) is 1.50. The molecule has 1 aromatic carbocycles. The largest absolute Gasteiger partial charge is 0.497 e. The lowest BCUT2D eigenvalue weighted by Gasteiger charge is -2.13. The minimum absolute atomic E-state index is 0.450. The molecule has 1 atom stereocenters. The third-order valence-electron chi connectivity index (χ3n) is 2.46. The first-order chi connectivity index (χ1) is 7.21. The van der Waals surface area contributed by atoms with Gasteiger partial charge in [0.2, 0.25) is 0 Å². The van der Waals surface area contributed by atoms with Crippen molar-refractivity contribution in [3.05, 3.63) is 23.8 Å². The Morgan fingerprint density at radius 2 is 2.00 bits per heavy atom. The molecule has 0 aromatic heterocycles. The third kappa shape index (κ3) is 3.13. The van der Waals surface area contributed by atoms with Crippen LogP contribution in [0.5, 0.6) is 11.5 Å². The summed E-state index contributed by atoms with van der Waals surface area (Å²) in [6, 6.07) is 5.83. The van der Waals surface area contributed by atoms with Crippen LogP contribution in [0.1, 0.15) is 12.5 Å². The maximum absolute atomic E-state index is 5.61. The first-order valence-electron chi connectivity index (χ1n) is 5.12. The minimum Gasteiger partial charge on any atom is -0.497 e. The van der Waals surface area contributed by atoms with E-state index >= 15 is 0 Å². The number of methoxy groups -OCH3 is 2. The zero-order chi connectivity index (χ0) is 11.3. The molecule has 0 heterocycles. The summed E-state index contributed by atoms with van der Waals surface area (Å²) in [5, 5.41) is 0. The van der Waals surface area contributed by atoms with Crippen LogP contribution in [0.25, 0.3) is 0 Å². The average molecular weight is 209 g/mol. The van der Waals surface area contributed by atoms with Crippen molar-refractivity contribution in [3.63, 3.8) is 0 Å². The molecule has 0 spiro atoms. The van der Waals surface area contributed by atoms with Gasteiger partial charge < -0.3 is 15.2 Å². The number of hydrogen-bond acceptors (Lipinski definition) is 3. The number of nitrogens with two attached hydrogens (primary N) is 1. The van der Waals surface area contributed by atoms with Gasteiger partial charge in [-0.1, -0.05) is 6.92 Å². The second-order valence-electron chi connectivity index (χ2n) is 3.72. The summed E-state index contributed by atoms with van der Waals surface area (Å²) in [6.45, 7) is 2.80. The lowest BCUT2D eigenvalue weighted by molar-refractivity contribution is 0.395. The van der Waals surface area contributed by atoms with Crippen molar-refractivity contribution in [2.24, 2.45) is 11.7 Å². The smallest absolute Gasteiger partial charge is 0.122 e. The van der Waals surface area contributed by atoms with Crippen molar-refractivity contribution >= 4 is 0 Å². The number of benzene rings is 1. The van der Waals surface area contributed by atoms with E-state index < -0.39 is 0 Å². The topological polar surface area (TPSA) is 44.5 Å². The molecule has 1 rings (SSSR count). The monoisotopic (exact) mass is 209 g/mol. The van der Waals surface area contributed by atoms with Crippen LogP contribution in [-0.2, 0) is 6.42 Å². The molecule has 3 heteroatoms. The quantitative estimate of drug-likeness (QED) is 0.804. The van der Waals surface area contributed by atoms with Crippen LogP contribution >= 0.6 is 0 Å². The van der Waals surface area contributed by atoms with Gasteiger partial charge in [-0.2, -0.15) is 0 Å². The number of ether oxygens (including phenoxy) is 2. The molecular formula is C12H19NO2. The van der Waals surface area contributed by atoms with Gasteiger partial charge in [-0.05, 0) is 42.6 Å². The van der Waals surface area contributed by atoms with Crippen LogP contribution in [0.3, 0.4) is 0 Å². The Morgan fingerprint density at radius 1 is 1.27 bits per heavy atom. The Morgan fingerprint density at radius 3 is 2.53 bits per heavy atom. The van der Waals surface area contributed by atoms with E-state index in [2.05, 4.69) is 6.92 Å². The molecule has 0 saturated heterocycles. The number of rotatable bonds is 5. The normalized spacial score (nSPS) is 12.3. The lowest BCUT2D eigenvalue weighted by Crippen LogP contribution is -2.13. The van der Waals surface area contributed by atoms with Gasteiger partial charge >= 0.3 is 0 Å². The molecule has 0 saturated carbocycles. The van der Waals surface area contributed by atoms with Gasteiger partial charge in [0.15, 0.2) is 0 Å². The van der Waals surface area contributed by atoms with E-state index in [0.29, 0.717) is 12.5 Å². The van der Waals surface area contributed by atoms with E-state index in [1.807, 2.05) is 18.2 Å². The molecule has 0 radical (unpaired) electrons. The van der Waals surface area contributed by atoms with Crippen LogP contribution in [0.4, 0.5) is 0 Å². The van der Waals surface area contributed by atoms with Crippen molar-refractivity contribution < 1.29 is 9.47 Å².